The van der Waals surface area contributed by atoms with E-state index in [1.54, 1.807) is 26.2 Å². The third kappa shape index (κ3) is 7.73. The number of urea groups is 1. The lowest BCUT2D eigenvalue weighted by Crippen LogP contribution is -2.47. The second-order valence-electron chi connectivity index (χ2n) is 8.46. The van der Waals surface area contributed by atoms with Gasteiger partial charge in [0.05, 0.1) is 36.5 Å². The minimum absolute atomic E-state index is 0.0766. The Balaban J connectivity index is 1.82. The summed E-state index contributed by atoms with van der Waals surface area (Å²) in [6, 6.07) is 13.7. The highest BCUT2D eigenvalue weighted by molar-refractivity contribution is 6.08. The van der Waals surface area contributed by atoms with E-state index in [4.69, 9.17) is 20.5 Å². The minimum Gasteiger partial charge on any atom is -0.477 e. The Morgan fingerprint density at radius 1 is 1.19 bits per heavy atom. The second kappa shape index (κ2) is 13.3. The Kier molecular flexibility index (Phi) is 9.94. The van der Waals surface area contributed by atoms with Crippen molar-refractivity contribution in [2.24, 2.45) is 10.7 Å². The Morgan fingerprint density at radius 3 is 2.62 bits per heavy atom. The molecule has 0 saturated carbocycles. The van der Waals surface area contributed by atoms with E-state index in [0.717, 1.165) is 12.1 Å². The molecule has 0 bridgehead atoms. The molecule has 37 heavy (non-hydrogen) atoms. The fourth-order valence-corrected chi connectivity index (χ4v) is 3.95. The maximum absolute atomic E-state index is 13.9. The van der Waals surface area contributed by atoms with Crippen molar-refractivity contribution in [2.75, 3.05) is 40.0 Å². The number of aliphatic imine (C=N–C) groups is 1. The van der Waals surface area contributed by atoms with E-state index in [9.17, 15) is 13.6 Å². The second-order valence-corrected chi connectivity index (χ2v) is 8.46. The third-order valence-electron chi connectivity index (χ3n) is 5.88. The van der Waals surface area contributed by atoms with Crippen LogP contribution in [0.4, 0.5) is 19.3 Å². The van der Waals surface area contributed by atoms with Gasteiger partial charge in [-0.2, -0.15) is 5.26 Å². The molecule has 2 amide bonds. The van der Waals surface area contributed by atoms with Crippen LogP contribution in [0.2, 0.25) is 0 Å². The number of rotatable bonds is 9. The van der Waals surface area contributed by atoms with Crippen LogP contribution in [0.3, 0.4) is 0 Å². The first-order chi connectivity index (χ1) is 17.8. The largest absolute Gasteiger partial charge is 0.477 e. The molecule has 4 N–H and O–H groups in total. The number of carbonyl (C=O) groups is 1. The topological polar surface area (TPSA) is 125 Å². The summed E-state index contributed by atoms with van der Waals surface area (Å²) < 4.78 is 37.9. The molecule has 196 valence electrons. The molecule has 1 aliphatic rings. The van der Waals surface area contributed by atoms with Crippen LogP contribution in [0.1, 0.15) is 18.4 Å². The molecule has 1 heterocycles. The number of amidine groups is 1. The van der Waals surface area contributed by atoms with E-state index < -0.39 is 23.7 Å². The molecule has 1 saturated heterocycles. The standard InChI is InChI=1S/C26H30F2N6O3/c1-17(24(30)37-13-12-36-2)25(31-19-6-4-3-5-7-19)33-26(35)32-23-16-34(11-10-29)15-20(23)18-8-9-21(27)22(28)14-18/h3-9,14,20,23H,11-13,15-16,30H2,1-2H3,(H2,31,32,33,35)/t20-,23+/m0/s1. The molecule has 2 atom stereocenters. The number of para-hydroxylation sites is 1. The molecule has 0 aromatic heterocycles. The number of nitrogens with zero attached hydrogens (tertiary/aromatic N) is 3. The molecule has 1 aliphatic heterocycles. The summed E-state index contributed by atoms with van der Waals surface area (Å²) in [7, 11) is 1.54. The average molecular weight is 513 g/mol. The Hall–Kier alpha value is -4.01. The first-order valence-corrected chi connectivity index (χ1v) is 11.7. The van der Waals surface area contributed by atoms with Crippen LogP contribution in [0.5, 0.6) is 0 Å². The summed E-state index contributed by atoms with van der Waals surface area (Å²) in [5.41, 5.74) is 7.59. The summed E-state index contributed by atoms with van der Waals surface area (Å²) in [6.45, 7) is 3.10. The van der Waals surface area contributed by atoms with Crippen molar-refractivity contribution in [3.63, 3.8) is 0 Å². The van der Waals surface area contributed by atoms with Crippen LogP contribution < -0.4 is 16.4 Å². The number of ether oxygens (including phenoxy) is 2. The van der Waals surface area contributed by atoms with Crippen molar-refractivity contribution < 1.29 is 23.0 Å². The van der Waals surface area contributed by atoms with Crippen molar-refractivity contribution in [3.05, 3.63) is 77.2 Å². The molecule has 3 rings (SSSR count). The minimum atomic E-state index is -0.971. The lowest BCUT2D eigenvalue weighted by Gasteiger charge is -2.21. The van der Waals surface area contributed by atoms with Crippen LogP contribution >= 0.6 is 0 Å². The summed E-state index contributed by atoms with van der Waals surface area (Å²) in [4.78, 5) is 19.5. The van der Waals surface area contributed by atoms with E-state index in [2.05, 4.69) is 21.7 Å². The maximum Gasteiger partial charge on any atom is 0.320 e. The lowest BCUT2D eigenvalue weighted by atomic mass is 9.94. The highest BCUT2D eigenvalue weighted by atomic mass is 19.2. The Bertz CT molecular complexity index is 1180. The van der Waals surface area contributed by atoms with E-state index in [-0.39, 0.29) is 30.8 Å². The number of nitrogens with two attached hydrogens (primary N) is 1. The molecule has 0 spiro atoms. The van der Waals surface area contributed by atoms with Gasteiger partial charge >= 0.3 is 6.03 Å². The normalized spacial score (nSPS) is 18.6. The van der Waals surface area contributed by atoms with Crippen molar-refractivity contribution in [1.29, 1.82) is 5.26 Å². The van der Waals surface area contributed by atoms with Gasteiger partial charge in [-0.1, -0.05) is 24.3 Å². The van der Waals surface area contributed by atoms with Crippen LogP contribution in [-0.4, -0.2) is 62.8 Å². The molecule has 0 aliphatic carbocycles. The fraction of sp³-hybridized carbons (Fsp3) is 0.346. The first-order valence-electron chi connectivity index (χ1n) is 11.7. The predicted octanol–water partition coefficient (Wildman–Crippen LogP) is 3.14. The van der Waals surface area contributed by atoms with Gasteiger partial charge in [0.25, 0.3) is 0 Å². The smallest absolute Gasteiger partial charge is 0.320 e. The van der Waals surface area contributed by atoms with E-state index in [1.807, 2.05) is 23.1 Å². The predicted molar refractivity (Wildman–Crippen MR) is 135 cm³/mol. The van der Waals surface area contributed by atoms with E-state index in [1.165, 1.54) is 6.07 Å². The molecule has 1 fully saturated rings. The Labute approximate surface area is 214 Å². The molecule has 11 heteroatoms. The first kappa shape index (κ1) is 27.6. The number of methoxy groups -OCH3 is 1. The number of benzene rings is 2. The number of amides is 2. The zero-order chi connectivity index (χ0) is 26.8. The molecule has 0 unspecified atom stereocenters. The molecule has 2 aromatic carbocycles. The monoisotopic (exact) mass is 512 g/mol. The molecular weight excluding hydrogens is 482 g/mol. The number of halogens is 2. The number of likely N-dealkylation sites (tertiary alicyclic amines) is 1. The van der Waals surface area contributed by atoms with Gasteiger partial charge in [0.15, 0.2) is 17.5 Å². The maximum atomic E-state index is 13.9. The number of hydrogen-bond acceptors (Lipinski definition) is 7. The highest BCUT2D eigenvalue weighted by Gasteiger charge is 2.35. The summed E-state index contributed by atoms with van der Waals surface area (Å²) in [5.74, 6) is -2.03. The zero-order valence-corrected chi connectivity index (χ0v) is 20.7. The van der Waals surface area contributed by atoms with Gasteiger partial charge < -0.3 is 20.5 Å². The van der Waals surface area contributed by atoms with Crippen LogP contribution in [0.15, 0.2) is 65.0 Å². The Morgan fingerprint density at radius 2 is 1.95 bits per heavy atom. The zero-order valence-electron chi connectivity index (χ0n) is 20.7. The molecule has 9 nitrogen and oxygen atoms in total. The summed E-state index contributed by atoms with van der Waals surface area (Å²) >= 11 is 0. The number of hydrogen-bond donors (Lipinski definition) is 3. The van der Waals surface area contributed by atoms with Crippen molar-refractivity contribution in [1.82, 2.24) is 15.5 Å². The highest BCUT2D eigenvalue weighted by Crippen LogP contribution is 2.28. The third-order valence-corrected chi connectivity index (χ3v) is 5.88. The number of nitrogens with one attached hydrogen (secondary N) is 2. The van der Waals surface area contributed by atoms with E-state index in [0.29, 0.717) is 36.5 Å². The number of nitriles is 1. The van der Waals surface area contributed by atoms with Gasteiger partial charge in [-0.05, 0) is 36.8 Å². The van der Waals surface area contributed by atoms with Crippen molar-refractivity contribution in [3.8, 4) is 6.07 Å². The molecule has 2 aromatic rings. The quantitative estimate of drug-likeness (QED) is 0.156. The van der Waals surface area contributed by atoms with Gasteiger partial charge in [0, 0.05) is 26.1 Å². The average Bonchev–Trinajstić information content (AvgIpc) is 3.27. The van der Waals surface area contributed by atoms with Gasteiger partial charge in [-0.3, -0.25) is 10.2 Å². The lowest BCUT2D eigenvalue weighted by molar-refractivity contribution is 0.108. The molecule has 0 radical (unpaired) electrons. The van der Waals surface area contributed by atoms with Gasteiger partial charge in [-0.25, -0.2) is 18.6 Å². The summed E-state index contributed by atoms with van der Waals surface area (Å²) in [5, 5.41) is 14.8. The molecular formula is C26H30F2N6O3. The summed E-state index contributed by atoms with van der Waals surface area (Å²) in [6.07, 6.45) is 0. The van der Waals surface area contributed by atoms with Crippen molar-refractivity contribution >= 4 is 17.6 Å². The van der Waals surface area contributed by atoms with Gasteiger partial charge in [0.1, 0.15) is 12.4 Å². The van der Waals surface area contributed by atoms with Crippen LogP contribution in [-0.2, 0) is 9.47 Å². The van der Waals surface area contributed by atoms with Crippen molar-refractivity contribution in [2.45, 2.75) is 18.9 Å². The SMILES string of the molecule is COCCOC(N)=C(C)C(=Nc1ccccc1)NC(=O)N[C@@H]1CN(CC#N)C[C@H]1c1ccc(F)c(F)c1. The van der Waals surface area contributed by atoms with Gasteiger partial charge in [-0.15, -0.1) is 0 Å². The van der Waals surface area contributed by atoms with Gasteiger partial charge in [0.2, 0.25) is 0 Å². The number of carbonyl (C=O) groups excluding carboxylic acids is 1. The van der Waals surface area contributed by atoms with E-state index >= 15 is 0 Å². The van der Waals surface area contributed by atoms with Crippen LogP contribution in [0.25, 0.3) is 0 Å². The fourth-order valence-electron chi connectivity index (χ4n) is 3.95. The van der Waals surface area contributed by atoms with Crippen LogP contribution in [0, 0.1) is 23.0 Å².